The van der Waals surface area contributed by atoms with Crippen LogP contribution in [0.5, 0.6) is 0 Å². The Labute approximate surface area is 92.2 Å². The van der Waals surface area contributed by atoms with Crippen LogP contribution in [0.1, 0.15) is 25.3 Å². The minimum atomic E-state index is -1.16. The van der Waals surface area contributed by atoms with Gasteiger partial charge in [-0.2, -0.15) is 0 Å². The Hall–Kier alpha value is -1.71. The van der Waals surface area contributed by atoms with Crippen LogP contribution < -0.4 is 0 Å². The molecule has 1 aromatic rings. The molecule has 16 heavy (non-hydrogen) atoms. The van der Waals surface area contributed by atoms with E-state index < -0.39 is 17.6 Å². The zero-order valence-electron chi connectivity index (χ0n) is 8.84. The van der Waals surface area contributed by atoms with E-state index in [0.29, 0.717) is 18.4 Å². The molecule has 2 nitrogen and oxygen atoms in total. The molecular formula is C12H12F2O2. The molecule has 0 saturated carbocycles. The van der Waals surface area contributed by atoms with Gasteiger partial charge in [0.25, 0.3) is 0 Å². The largest absolute Gasteiger partial charge is 0.478 e. The number of allylic oxidation sites excluding steroid dienone is 1. The number of carbonyl (C=O) groups is 1. The predicted molar refractivity (Wildman–Crippen MR) is 56.9 cm³/mol. The molecule has 4 heteroatoms. The topological polar surface area (TPSA) is 37.3 Å². The van der Waals surface area contributed by atoms with Crippen LogP contribution in [0.3, 0.4) is 0 Å². The number of rotatable bonds is 4. The van der Waals surface area contributed by atoms with Crippen molar-refractivity contribution in [2.45, 2.75) is 19.8 Å². The van der Waals surface area contributed by atoms with Gasteiger partial charge in [-0.25, -0.2) is 13.6 Å². The van der Waals surface area contributed by atoms with Crippen molar-refractivity contribution < 1.29 is 18.7 Å². The molecule has 0 fully saturated rings. The molecule has 0 amide bonds. The van der Waals surface area contributed by atoms with Crippen molar-refractivity contribution in [3.8, 4) is 0 Å². The third-order valence-electron chi connectivity index (χ3n) is 2.09. The summed E-state index contributed by atoms with van der Waals surface area (Å²) < 4.78 is 26.3. The molecule has 0 aliphatic rings. The maximum Gasteiger partial charge on any atom is 0.328 e. The highest BCUT2D eigenvalue weighted by atomic mass is 19.1. The van der Waals surface area contributed by atoms with Gasteiger partial charge in [0.15, 0.2) is 0 Å². The van der Waals surface area contributed by atoms with Crippen molar-refractivity contribution in [2.24, 2.45) is 0 Å². The molecule has 1 rings (SSSR count). The molecule has 0 aromatic heterocycles. The molecule has 0 spiro atoms. The Bertz CT molecular complexity index is 425. The summed E-state index contributed by atoms with van der Waals surface area (Å²) in [7, 11) is 0. The lowest BCUT2D eigenvalue weighted by atomic mass is 10.0. The van der Waals surface area contributed by atoms with Crippen LogP contribution in [0.15, 0.2) is 24.3 Å². The Balaban J connectivity index is 3.20. The third-order valence-corrected chi connectivity index (χ3v) is 2.09. The Morgan fingerprint density at radius 2 is 2.12 bits per heavy atom. The van der Waals surface area contributed by atoms with Crippen molar-refractivity contribution in [3.63, 3.8) is 0 Å². The van der Waals surface area contributed by atoms with Gasteiger partial charge in [0, 0.05) is 11.6 Å². The van der Waals surface area contributed by atoms with Crippen LogP contribution in [0, 0.1) is 11.6 Å². The zero-order valence-corrected chi connectivity index (χ0v) is 8.84. The van der Waals surface area contributed by atoms with E-state index >= 15 is 0 Å². The van der Waals surface area contributed by atoms with E-state index in [2.05, 4.69) is 0 Å². The van der Waals surface area contributed by atoms with Gasteiger partial charge < -0.3 is 5.11 Å². The highest BCUT2D eigenvalue weighted by Crippen LogP contribution is 2.23. The van der Waals surface area contributed by atoms with Gasteiger partial charge in [0.05, 0.1) is 0 Å². The number of aliphatic carboxylic acids is 1. The number of benzene rings is 1. The first-order valence-electron chi connectivity index (χ1n) is 4.93. The number of carboxylic acids is 1. The van der Waals surface area contributed by atoms with E-state index in [0.717, 1.165) is 24.3 Å². The molecule has 0 aliphatic carbocycles. The van der Waals surface area contributed by atoms with Gasteiger partial charge in [0.1, 0.15) is 11.6 Å². The fraction of sp³-hybridized carbons (Fsp3) is 0.250. The number of hydrogen-bond donors (Lipinski definition) is 1. The van der Waals surface area contributed by atoms with Crippen LogP contribution in [0.4, 0.5) is 8.78 Å². The lowest BCUT2D eigenvalue weighted by molar-refractivity contribution is -0.131. The fourth-order valence-corrected chi connectivity index (χ4v) is 1.45. The normalized spacial score (nSPS) is 11.6. The van der Waals surface area contributed by atoms with E-state index in [1.165, 1.54) is 0 Å². The third kappa shape index (κ3) is 3.15. The van der Waals surface area contributed by atoms with Gasteiger partial charge in [-0.15, -0.1) is 0 Å². The Kier molecular flexibility index (Phi) is 4.17. The molecule has 0 aliphatic heterocycles. The summed E-state index contributed by atoms with van der Waals surface area (Å²) in [4.78, 5) is 10.6. The quantitative estimate of drug-likeness (QED) is 0.800. The molecule has 0 bridgehead atoms. The van der Waals surface area contributed by atoms with Crippen molar-refractivity contribution in [2.75, 3.05) is 0 Å². The number of halogens is 2. The minimum absolute atomic E-state index is 0.0178. The lowest BCUT2D eigenvalue weighted by Gasteiger charge is -2.07. The monoisotopic (exact) mass is 226 g/mol. The first-order valence-corrected chi connectivity index (χ1v) is 4.93. The van der Waals surface area contributed by atoms with Gasteiger partial charge in [0.2, 0.25) is 0 Å². The second-order valence-corrected chi connectivity index (χ2v) is 3.38. The average Bonchev–Trinajstić information content (AvgIpc) is 2.20. The SMILES string of the molecule is CCC/C(=C\C(=O)O)c1cc(F)ccc1F. The average molecular weight is 226 g/mol. The van der Waals surface area contributed by atoms with Gasteiger partial charge in [-0.3, -0.25) is 0 Å². The molecule has 1 N–H and O–H groups in total. The Morgan fingerprint density at radius 3 is 2.69 bits per heavy atom. The highest BCUT2D eigenvalue weighted by Gasteiger charge is 2.10. The number of hydrogen-bond acceptors (Lipinski definition) is 1. The first kappa shape index (κ1) is 12.4. The second-order valence-electron chi connectivity index (χ2n) is 3.38. The first-order chi connectivity index (χ1) is 7.54. The summed E-state index contributed by atoms with van der Waals surface area (Å²) in [5.41, 5.74) is 0.316. The predicted octanol–water partition coefficient (Wildman–Crippen LogP) is 3.23. The maximum absolute atomic E-state index is 13.4. The number of carboxylic acid groups (broad SMARTS) is 1. The van der Waals surface area contributed by atoms with E-state index in [1.807, 2.05) is 6.92 Å². The van der Waals surface area contributed by atoms with Crippen LogP contribution in [-0.4, -0.2) is 11.1 Å². The van der Waals surface area contributed by atoms with Crippen LogP contribution in [-0.2, 0) is 4.79 Å². The molecule has 0 unspecified atom stereocenters. The summed E-state index contributed by atoms with van der Waals surface area (Å²) in [6, 6.07) is 3.01. The van der Waals surface area contributed by atoms with Crippen molar-refractivity contribution in [1.29, 1.82) is 0 Å². The summed E-state index contributed by atoms with van der Waals surface area (Å²) in [6.45, 7) is 1.84. The van der Waals surface area contributed by atoms with Crippen molar-refractivity contribution in [1.82, 2.24) is 0 Å². The minimum Gasteiger partial charge on any atom is -0.478 e. The molecule has 1 aromatic carbocycles. The molecule has 0 saturated heterocycles. The maximum atomic E-state index is 13.4. The zero-order chi connectivity index (χ0) is 12.1. The molecule has 0 heterocycles. The summed E-state index contributed by atoms with van der Waals surface area (Å²) in [6.07, 6.45) is 1.98. The highest BCUT2D eigenvalue weighted by molar-refractivity contribution is 5.90. The molecule has 0 atom stereocenters. The smallest absolute Gasteiger partial charge is 0.328 e. The lowest BCUT2D eigenvalue weighted by Crippen LogP contribution is -1.96. The molecular weight excluding hydrogens is 214 g/mol. The van der Waals surface area contributed by atoms with Crippen LogP contribution >= 0.6 is 0 Å². The van der Waals surface area contributed by atoms with E-state index in [1.54, 1.807) is 0 Å². The van der Waals surface area contributed by atoms with Crippen LogP contribution in [0.25, 0.3) is 5.57 Å². The second kappa shape index (κ2) is 5.39. The van der Waals surface area contributed by atoms with Gasteiger partial charge >= 0.3 is 5.97 Å². The van der Waals surface area contributed by atoms with E-state index in [4.69, 9.17) is 5.11 Å². The van der Waals surface area contributed by atoms with E-state index in [9.17, 15) is 13.6 Å². The molecule has 86 valence electrons. The molecule has 0 radical (unpaired) electrons. The standard InChI is InChI=1S/C12H12F2O2/c1-2-3-8(6-12(15)16)10-7-9(13)4-5-11(10)14/h4-7H,2-3H2,1H3,(H,15,16)/b8-6+. The van der Waals surface area contributed by atoms with Gasteiger partial charge in [-0.05, 0) is 30.2 Å². The van der Waals surface area contributed by atoms with Crippen LogP contribution in [0.2, 0.25) is 0 Å². The van der Waals surface area contributed by atoms with Crippen molar-refractivity contribution in [3.05, 3.63) is 41.5 Å². The van der Waals surface area contributed by atoms with Crippen molar-refractivity contribution >= 4 is 11.5 Å². The summed E-state index contributed by atoms with van der Waals surface area (Å²) in [5, 5.41) is 8.64. The summed E-state index contributed by atoms with van der Waals surface area (Å²) >= 11 is 0. The Morgan fingerprint density at radius 1 is 1.44 bits per heavy atom. The summed E-state index contributed by atoms with van der Waals surface area (Å²) in [5.74, 6) is -2.35. The van der Waals surface area contributed by atoms with Gasteiger partial charge in [-0.1, -0.05) is 13.3 Å². The van der Waals surface area contributed by atoms with E-state index in [-0.39, 0.29) is 5.56 Å². The fourth-order valence-electron chi connectivity index (χ4n) is 1.45.